The number of hydrogen-bond donors (Lipinski definition) is 2. The van der Waals surface area contributed by atoms with Crippen molar-refractivity contribution in [3.05, 3.63) is 71.9 Å². The number of halogens is 1. The number of rotatable bonds is 7. The van der Waals surface area contributed by atoms with Gasteiger partial charge in [-0.05, 0) is 44.0 Å². The molecule has 0 aliphatic rings. The minimum absolute atomic E-state index is 0. The van der Waals surface area contributed by atoms with E-state index in [4.69, 9.17) is 4.42 Å². The maximum atomic E-state index is 5.56. The van der Waals surface area contributed by atoms with Gasteiger partial charge in [-0.2, -0.15) is 0 Å². The highest BCUT2D eigenvalue weighted by Gasteiger charge is 2.06. The quantitative estimate of drug-likeness (QED) is 0.297. The Morgan fingerprint density at radius 2 is 1.93 bits per heavy atom. The third-order valence-corrected chi connectivity index (χ3v) is 3.99. The highest BCUT2D eigenvalue weighted by molar-refractivity contribution is 14.0. The van der Waals surface area contributed by atoms with E-state index in [1.54, 1.807) is 6.26 Å². The van der Waals surface area contributed by atoms with Crippen molar-refractivity contribution in [3.8, 4) is 11.5 Å². The Hall–Kier alpha value is -2.42. The molecule has 0 unspecified atom stereocenters. The number of guanidine groups is 1. The Morgan fingerprint density at radius 1 is 1.11 bits per heavy atom. The fourth-order valence-corrected chi connectivity index (χ4v) is 2.57. The third kappa shape index (κ3) is 6.63. The van der Waals surface area contributed by atoms with Crippen LogP contribution in [0.2, 0.25) is 0 Å². The van der Waals surface area contributed by atoms with E-state index in [0.29, 0.717) is 12.4 Å². The van der Waals surface area contributed by atoms with Gasteiger partial charge in [-0.15, -0.1) is 24.0 Å². The van der Waals surface area contributed by atoms with Crippen molar-refractivity contribution in [1.82, 2.24) is 20.6 Å². The molecule has 1 aromatic carbocycles. The van der Waals surface area contributed by atoms with Gasteiger partial charge in [0, 0.05) is 30.5 Å². The molecule has 0 radical (unpaired) electrons. The van der Waals surface area contributed by atoms with Crippen molar-refractivity contribution in [2.75, 3.05) is 13.1 Å². The molecule has 0 saturated heterocycles. The number of benzene rings is 1. The van der Waals surface area contributed by atoms with Crippen LogP contribution in [-0.4, -0.2) is 29.0 Å². The molecule has 3 aromatic rings. The lowest BCUT2D eigenvalue weighted by Crippen LogP contribution is -2.38. The first-order chi connectivity index (χ1) is 13.2. The van der Waals surface area contributed by atoms with Crippen molar-refractivity contribution in [1.29, 1.82) is 0 Å². The SMILES string of the molecule is CCNC(=NCc1coc(-c2ccccc2)n1)NCCc1ccc(C)nc1.I. The van der Waals surface area contributed by atoms with Crippen LogP contribution in [0.25, 0.3) is 11.5 Å². The van der Waals surface area contributed by atoms with Crippen molar-refractivity contribution in [2.45, 2.75) is 26.8 Å². The Labute approximate surface area is 182 Å². The first-order valence-electron chi connectivity index (χ1n) is 9.18. The number of pyridine rings is 1. The molecular weight excluding hydrogens is 465 g/mol. The van der Waals surface area contributed by atoms with E-state index >= 15 is 0 Å². The molecule has 2 N–H and O–H groups in total. The summed E-state index contributed by atoms with van der Waals surface area (Å²) in [7, 11) is 0. The minimum atomic E-state index is 0. The molecule has 0 aliphatic heterocycles. The first kappa shape index (κ1) is 21.9. The predicted molar refractivity (Wildman–Crippen MR) is 123 cm³/mol. The Bertz CT molecular complexity index is 862. The fourth-order valence-electron chi connectivity index (χ4n) is 2.57. The van der Waals surface area contributed by atoms with Crippen LogP contribution in [0.4, 0.5) is 0 Å². The molecule has 0 bridgehead atoms. The average Bonchev–Trinajstić information content (AvgIpc) is 3.17. The molecule has 2 aromatic heterocycles. The zero-order chi connectivity index (χ0) is 18.9. The molecule has 7 heteroatoms. The lowest BCUT2D eigenvalue weighted by molar-refractivity contribution is 0.572. The molecule has 6 nitrogen and oxygen atoms in total. The van der Waals surface area contributed by atoms with Gasteiger partial charge in [-0.3, -0.25) is 4.98 Å². The van der Waals surface area contributed by atoms with E-state index in [2.05, 4.69) is 31.7 Å². The lowest BCUT2D eigenvalue weighted by Gasteiger charge is -2.10. The van der Waals surface area contributed by atoms with Gasteiger partial charge in [-0.1, -0.05) is 24.3 Å². The summed E-state index contributed by atoms with van der Waals surface area (Å²) in [6.45, 7) is 6.07. The van der Waals surface area contributed by atoms with E-state index in [9.17, 15) is 0 Å². The van der Waals surface area contributed by atoms with Crippen molar-refractivity contribution >= 4 is 29.9 Å². The summed E-state index contributed by atoms with van der Waals surface area (Å²) in [5, 5.41) is 6.60. The van der Waals surface area contributed by atoms with Gasteiger partial charge in [0.05, 0.1) is 6.54 Å². The zero-order valence-corrected chi connectivity index (χ0v) is 18.5. The van der Waals surface area contributed by atoms with E-state index in [1.807, 2.05) is 56.4 Å². The van der Waals surface area contributed by atoms with E-state index < -0.39 is 0 Å². The number of aromatic nitrogens is 2. The van der Waals surface area contributed by atoms with Crippen LogP contribution in [0.1, 0.15) is 23.9 Å². The van der Waals surface area contributed by atoms with Crippen LogP contribution in [0.15, 0.2) is 64.3 Å². The normalized spacial score (nSPS) is 11.0. The Morgan fingerprint density at radius 3 is 2.64 bits per heavy atom. The Kier molecular flexibility index (Phi) is 8.93. The van der Waals surface area contributed by atoms with Gasteiger partial charge in [0.1, 0.15) is 12.0 Å². The number of oxazole rings is 1. The molecule has 0 aliphatic carbocycles. The smallest absolute Gasteiger partial charge is 0.226 e. The second-order valence-electron chi connectivity index (χ2n) is 6.19. The van der Waals surface area contributed by atoms with E-state index in [1.165, 1.54) is 5.56 Å². The van der Waals surface area contributed by atoms with Crippen LogP contribution >= 0.6 is 24.0 Å². The van der Waals surface area contributed by atoms with Gasteiger partial charge < -0.3 is 15.1 Å². The highest BCUT2D eigenvalue weighted by atomic mass is 127. The van der Waals surface area contributed by atoms with Gasteiger partial charge in [0.15, 0.2) is 5.96 Å². The molecule has 2 heterocycles. The van der Waals surface area contributed by atoms with Crippen LogP contribution < -0.4 is 10.6 Å². The molecule has 0 atom stereocenters. The summed E-state index contributed by atoms with van der Waals surface area (Å²) in [6, 6.07) is 14.0. The van der Waals surface area contributed by atoms with Crippen LogP contribution in [0.3, 0.4) is 0 Å². The number of aryl methyl sites for hydroxylation is 1. The van der Waals surface area contributed by atoms with E-state index in [0.717, 1.165) is 42.4 Å². The number of nitrogens with one attached hydrogen (secondary N) is 2. The minimum Gasteiger partial charge on any atom is -0.444 e. The molecule has 3 rings (SSSR count). The second kappa shape index (κ2) is 11.4. The third-order valence-electron chi connectivity index (χ3n) is 3.99. The molecule has 0 saturated carbocycles. The van der Waals surface area contributed by atoms with Crippen molar-refractivity contribution in [3.63, 3.8) is 0 Å². The molecule has 148 valence electrons. The second-order valence-corrected chi connectivity index (χ2v) is 6.19. The largest absolute Gasteiger partial charge is 0.444 e. The summed E-state index contributed by atoms with van der Waals surface area (Å²) in [6.07, 6.45) is 4.47. The van der Waals surface area contributed by atoms with Gasteiger partial charge in [-0.25, -0.2) is 9.98 Å². The number of aliphatic imine (C=N–C) groups is 1. The van der Waals surface area contributed by atoms with Crippen LogP contribution in [-0.2, 0) is 13.0 Å². The molecule has 28 heavy (non-hydrogen) atoms. The molecule has 0 amide bonds. The van der Waals surface area contributed by atoms with Crippen LogP contribution in [0, 0.1) is 6.92 Å². The maximum Gasteiger partial charge on any atom is 0.226 e. The molecule has 0 spiro atoms. The van der Waals surface area contributed by atoms with E-state index in [-0.39, 0.29) is 24.0 Å². The monoisotopic (exact) mass is 491 g/mol. The fraction of sp³-hybridized carbons (Fsp3) is 0.286. The maximum absolute atomic E-state index is 5.56. The predicted octanol–water partition coefficient (Wildman–Crippen LogP) is 3.96. The van der Waals surface area contributed by atoms with Crippen LogP contribution in [0.5, 0.6) is 0 Å². The summed E-state index contributed by atoms with van der Waals surface area (Å²) in [4.78, 5) is 13.4. The number of nitrogens with zero attached hydrogens (tertiary/aromatic N) is 3. The van der Waals surface area contributed by atoms with Gasteiger partial charge >= 0.3 is 0 Å². The topological polar surface area (TPSA) is 75.3 Å². The lowest BCUT2D eigenvalue weighted by atomic mass is 10.2. The standard InChI is InChI=1S/C21H25N5O.HI/c1-3-22-21(23-12-11-17-10-9-16(2)24-13-17)25-14-19-15-27-20(26-19)18-7-5-4-6-8-18;/h4-10,13,15H,3,11-12,14H2,1-2H3,(H2,22,23,25);1H. The highest BCUT2D eigenvalue weighted by Crippen LogP contribution is 2.18. The van der Waals surface area contributed by atoms with Crippen molar-refractivity contribution in [2.24, 2.45) is 4.99 Å². The zero-order valence-electron chi connectivity index (χ0n) is 16.2. The van der Waals surface area contributed by atoms with Crippen molar-refractivity contribution < 1.29 is 4.42 Å². The molecular formula is C21H26IN5O. The number of hydrogen-bond acceptors (Lipinski definition) is 4. The molecule has 0 fully saturated rings. The summed E-state index contributed by atoms with van der Waals surface area (Å²) in [5.41, 5.74) is 4.00. The average molecular weight is 491 g/mol. The Balaban J connectivity index is 0.00000280. The summed E-state index contributed by atoms with van der Waals surface area (Å²) < 4.78 is 5.56. The first-order valence-corrected chi connectivity index (χ1v) is 9.18. The van der Waals surface area contributed by atoms with Gasteiger partial charge in [0.25, 0.3) is 0 Å². The van der Waals surface area contributed by atoms with Gasteiger partial charge in [0.2, 0.25) is 5.89 Å². The summed E-state index contributed by atoms with van der Waals surface area (Å²) in [5.74, 6) is 1.38. The summed E-state index contributed by atoms with van der Waals surface area (Å²) >= 11 is 0.